The summed E-state index contributed by atoms with van der Waals surface area (Å²) in [6.45, 7) is -0.338. The molecule has 1 aromatic carbocycles. The second-order valence-electron chi connectivity index (χ2n) is 5.03. The van der Waals surface area contributed by atoms with Crippen molar-refractivity contribution in [1.29, 1.82) is 0 Å². The number of aliphatic carboxylic acids is 1. The van der Waals surface area contributed by atoms with Gasteiger partial charge in [-0.25, -0.2) is 18.9 Å². The number of hydrogen-bond acceptors (Lipinski definition) is 4. The molecular weight excluding hydrogens is 348 g/mol. The third-order valence-electron chi connectivity index (χ3n) is 3.21. The van der Waals surface area contributed by atoms with Crippen molar-refractivity contribution in [1.82, 2.24) is 20.1 Å². The molecule has 1 amide bonds. The first-order chi connectivity index (χ1) is 11.7. The minimum absolute atomic E-state index is 0.338. The summed E-state index contributed by atoms with van der Waals surface area (Å²) in [4.78, 5) is 26.6. The molecule has 0 aliphatic rings. The lowest BCUT2D eigenvalue weighted by molar-refractivity contribution is -0.141. The lowest BCUT2D eigenvalue weighted by atomic mass is 10.0. The zero-order valence-electron chi connectivity index (χ0n) is 12.5. The highest BCUT2D eigenvalue weighted by molar-refractivity contribution is 5.83. The van der Waals surface area contributed by atoms with Crippen LogP contribution < -0.4 is 5.32 Å². The monoisotopic (exact) mass is 360 g/mol. The van der Waals surface area contributed by atoms with Crippen LogP contribution in [-0.2, 0) is 28.7 Å². The summed E-state index contributed by atoms with van der Waals surface area (Å²) < 4.78 is 53.2. The van der Waals surface area contributed by atoms with Crippen molar-refractivity contribution in [2.24, 2.45) is 0 Å². The SMILES string of the molecule is O=C(Cn1cncn1)NC(Cc1cccc(C(F)(F)F)c1F)C(=O)O. The van der Waals surface area contributed by atoms with Crippen molar-refractivity contribution < 1.29 is 32.3 Å². The Labute approximate surface area is 138 Å². The minimum atomic E-state index is -4.91. The fourth-order valence-corrected chi connectivity index (χ4v) is 2.08. The fourth-order valence-electron chi connectivity index (χ4n) is 2.08. The minimum Gasteiger partial charge on any atom is -0.480 e. The van der Waals surface area contributed by atoms with Gasteiger partial charge in [-0.15, -0.1) is 0 Å². The van der Waals surface area contributed by atoms with E-state index in [9.17, 15) is 27.2 Å². The molecule has 0 saturated carbocycles. The number of carbonyl (C=O) groups is 2. The number of benzene rings is 1. The lowest BCUT2D eigenvalue weighted by Gasteiger charge is -2.16. The zero-order chi connectivity index (χ0) is 18.6. The Morgan fingerprint density at radius 2 is 2.04 bits per heavy atom. The van der Waals surface area contributed by atoms with Crippen LogP contribution >= 0.6 is 0 Å². The second-order valence-corrected chi connectivity index (χ2v) is 5.03. The molecule has 2 aromatic rings. The van der Waals surface area contributed by atoms with E-state index >= 15 is 0 Å². The number of rotatable bonds is 6. The Morgan fingerprint density at radius 3 is 2.60 bits per heavy atom. The first kappa shape index (κ1) is 18.4. The van der Waals surface area contributed by atoms with Gasteiger partial charge in [0.15, 0.2) is 0 Å². The van der Waals surface area contributed by atoms with Crippen LogP contribution in [0.2, 0.25) is 0 Å². The van der Waals surface area contributed by atoms with Crippen molar-refractivity contribution in [3.05, 3.63) is 47.8 Å². The Balaban J connectivity index is 2.14. The van der Waals surface area contributed by atoms with Gasteiger partial charge in [0.05, 0.1) is 5.56 Å². The van der Waals surface area contributed by atoms with Gasteiger partial charge in [-0.2, -0.15) is 18.3 Å². The maximum atomic E-state index is 14.0. The number of amides is 1. The molecule has 0 aliphatic heterocycles. The van der Waals surface area contributed by atoms with Gasteiger partial charge in [-0.05, 0) is 11.6 Å². The molecule has 1 unspecified atom stereocenters. The number of aromatic nitrogens is 3. The lowest BCUT2D eigenvalue weighted by Crippen LogP contribution is -2.44. The van der Waals surface area contributed by atoms with Gasteiger partial charge in [0.2, 0.25) is 5.91 Å². The fraction of sp³-hybridized carbons (Fsp3) is 0.286. The van der Waals surface area contributed by atoms with Crippen LogP contribution in [0.3, 0.4) is 0 Å². The van der Waals surface area contributed by atoms with E-state index in [0.717, 1.165) is 16.8 Å². The maximum absolute atomic E-state index is 14.0. The smallest absolute Gasteiger partial charge is 0.419 e. The van der Waals surface area contributed by atoms with Gasteiger partial charge in [0, 0.05) is 6.42 Å². The second kappa shape index (κ2) is 7.28. The zero-order valence-corrected chi connectivity index (χ0v) is 12.5. The highest BCUT2D eigenvalue weighted by Gasteiger charge is 2.35. The van der Waals surface area contributed by atoms with Gasteiger partial charge in [-0.1, -0.05) is 12.1 Å². The summed E-state index contributed by atoms with van der Waals surface area (Å²) >= 11 is 0. The van der Waals surface area contributed by atoms with E-state index in [-0.39, 0.29) is 6.54 Å². The predicted molar refractivity (Wildman–Crippen MR) is 74.7 cm³/mol. The number of carbonyl (C=O) groups excluding carboxylic acids is 1. The standard InChI is InChI=1S/C14H12F4N4O3/c15-12-8(2-1-3-9(12)14(16,17)18)4-10(13(24)25)21-11(23)5-22-7-19-6-20-22/h1-3,6-7,10H,4-5H2,(H,21,23)(H,24,25). The van der Waals surface area contributed by atoms with Crippen LogP contribution in [0.1, 0.15) is 11.1 Å². The normalized spacial score (nSPS) is 12.6. The molecule has 7 nitrogen and oxygen atoms in total. The van der Waals surface area contributed by atoms with Crippen molar-refractivity contribution in [3.8, 4) is 0 Å². The van der Waals surface area contributed by atoms with E-state index in [2.05, 4.69) is 15.4 Å². The van der Waals surface area contributed by atoms with Gasteiger partial charge >= 0.3 is 12.1 Å². The first-order valence-corrected chi connectivity index (χ1v) is 6.87. The van der Waals surface area contributed by atoms with E-state index in [1.165, 1.54) is 12.7 Å². The number of nitrogens with one attached hydrogen (secondary N) is 1. The Kier molecular flexibility index (Phi) is 5.35. The van der Waals surface area contributed by atoms with Gasteiger partial charge in [-0.3, -0.25) is 4.79 Å². The molecule has 1 heterocycles. The number of carboxylic acids is 1. The summed E-state index contributed by atoms with van der Waals surface area (Å²) in [5, 5.41) is 14.9. The largest absolute Gasteiger partial charge is 0.480 e. The van der Waals surface area contributed by atoms with E-state index < -0.39 is 47.5 Å². The predicted octanol–water partition coefficient (Wildman–Crippen LogP) is 1.25. The van der Waals surface area contributed by atoms with E-state index in [1.54, 1.807) is 0 Å². The van der Waals surface area contributed by atoms with Crippen molar-refractivity contribution in [3.63, 3.8) is 0 Å². The highest BCUT2D eigenvalue weighted by Crippen LogP contribution is 2.32. The molecule has 134 valence electrons. The molecule has 0 fully saturated rings. The topological polar surface area (TPSA) is 97.1 Å². The van der Waals surface area contributed by atoms with Crippen LogP contribution in [0.25, 0.3) is 0 Å². The van der Waals surface area contributed by atoms with Gasteiger partial charge in [0.25, 0.3) is 0 Å². The van der Waals surface area contributed by atoms with Crippen LogP contribution in [-0.4, -0.2) is 37.8 Å². The molecule has 0 aliphatic carbocycles. The van der Waals surface area contributed by atoms with Crippen LogP contribution in [0.15, 0.2) is 30.9 Å². The molecular formula is C14H12F4N4O3. The summed E-state index contributed by atoms with van der Waals surface area (Å²) in [6, 6.07) is 0.952. The summed E-state index contributed by atoms with van der Waals surface area (Å²) in [7, 11) is 0. The van der Waals surface area contributed by atoms with Crippen molar-refractivity contribution in [2.75, 3.05) is 0 Å². The molecule has 0 saturated heterocycles. The Morgan fingerprint density at radius 1 is 1.32 bits per heavy atom. The third kappa shape index (κ3) is 4.75. The Bertz CT molecular complexity index is 762. The van der Waals surface area contributed by atoms with Gasteiger partial charge < -0.3 is 10.4 Å². The molecule has 1 atom stereocenters. The molecule has 25 heavy (non-hydrogen) atoms. The molecule has 0 radical (unpaired) electrons. The van der Waals surface area contributed by atoms with E-state index in [0.29, 0.717) is 6.07 Å². The average Bonchev–Trinajstić information content (AvgIpc) is 2.99. The Hall–Kier alpha value is -2.98. The van der Waals surface area contributed by atoms with Gasteiger partial charge in [0.1, 0.15) is 31.1 Å². The number of nitrogens with zero attached hydrogens (tertiary/aromatic N) is 3. The number of alkyl halides is 3. The number of carboxylic acid groups (broad SMARTS) is 1. The number of hydrogen-bond donors (Lipinski definition) is 2. The van der Waals surface area contributed by atoms with Crippen LogP contribution in [0, 0.1) is 5.82 Å². The average molecular weight is 360 g/mol. The first-order valence-electron chi connectivity index (χ1n) is 6.87. The van der Waals surface area contributed by atoms with Crippen molar-refractivity contribution in [2.45, 2.75) is 25.2 Å². The third-order valence-corrected chi connectivity index (χ3v) is 3.21. The molecule has 2 rings (SSSR count). The van der Waals surface area contributed by atoms with E-state index in [4.69, 9.17) is 5.11 Å². The summed E-state index contributed by atoms with van der Waals surface area (Å²) in [6.07, 6.45) is -3.16. The molecule has 1 aromatic heterocycles. The highest BCUT2D eigenvalue weighted by atomic mass is 19.4. The van der Waals surface area contributed by atoms with Crippen molar-refractivity contribution >= 4 is 11.9 Å². The van der Waals surface area contributed by atoms with E-state index in [1.807, 2.05) is 0 Å². The van der Waals surface area contributed by atoms with Crippen LogP contribution in [0.5, 0.6) is 0 Å². The molecule has 2 N–H and O–H groups in total. The molecule has 11 heteroatoms. The summed E-state index contributed by atoms with van der Waals surface area (Å²) in [5.41, 5.74) is -1.97. The molecule has 0 bridgehead atoms. The summed E-state index contributed by atoms with van der Waals surface area (Å²) in [5.74, 6) is -3.83. The number of halogens is 4. The molecule has 0 spiro atoms. The maximum Gasteiger partial charge on any atom is 0.419 e. The quantitative estimate of drug-likeness (QED) is 0.756. The van der Waals surface area contributed by atoms with Crippen LogP contribution in [0.4, 0.5) is 17.6 Å².